The van der Waals surface area contributed by atoms with E-state index in [0.717, 1.165) is 16.5 Å². The lowest BCUT2D eigenvalue weighted by Gasteiger charge is -2.11. The SMILES string of the molecule is Cc1c(Cl)c(COC(=O)COc2ccccc2C#N)nc2ccccc12. The van der Waals surface area contributed by atoms with E-state index in [2.05, 4.69) is 4.98 Å². The molecular weight excluding hydrogens is 352 g/mol. The number of fused-ring (bicyclic) bond motifs is 1. The number of pyridine rings is 1. The number of halogens is 1. The van der Waals surface area contributed by atoms with Crippen LogP contribution in [0, 0.1) is 18.3 Å². The zero-order valence-electron chi connectivity index (χ0n) is 14.0. The molecule has 26 heavy (non-hydrogen) atoms. The second-order valence-electron chi connectivity index (χ2n) is 5.57. The van der Waals surface area contributed by atoms with Gasteiger partial charge in [-0.1, -0.05) is 41.9 Å². The Morgan fingerprint density at radius 3 is 2.73 bits per heavy atom. The second-order valence-corrected chi connectivity index (χ2v) is 5.95. The van der Waals surface area contributed by atoms with E-state index in [1.54, 1.807) is 24.3 Å². The van der Waals surface area contributed by atoms with Gasteiger partial charge in [-0.3, -0.25) is 0 Å². The third-order valence-corrected chi connectivity index (χ3v) is 4.37. The number of aryl methyl sites for hydroxylation is 1. The number of aromatic nitrogens is 1. The highest BCUT2D eigenvalue weighted by Gasteiger charge is 2.13. The summed E-state index contributed by atoms with van der Waals surface area (Å²) < 4.78 is 10.6. The van der Waals surface area contributed by atoms with Crippen molar-refractivity contribution in [1.82, 2.24) is 4.98 Å². The van der Waals surface area contributed by atoms with Crippen molar-refractivity contribution in [2.75, 3.05) is 6.61 Å². The number of hydrogen-bond acceptors (Lipinski definition) is 5. The monoisotopic (exact) mass is 366 g/mol. The molecule has 0 saturated heterocycles. The molecule has 0 fully saturated rings. The van der Waals surface area contributed by atoms with E-state index >= 15 is 0 Å². The van der Waals surface area contributed by atoms with Gasteiger partial charge in [0.05, 0.1) is 21.8 Å². The van der Waals surface area contributed by atoms with Crippen LogP contribution in [0.5, 0.6) is 5.75 Å². The lowest BCUT2D eigenvalue weighted by atomic mass is 10.1. The van der Waals surface area contributed by atoms with E-state index in [1.165, 1.54) is 0 Å². The molecule has 0 spiro atoms. The van der Waals surface area contributed by atoms with E-state index in [4.69, 9.17) is 26.3 Å². The summed E-state index contributed by atoms with van der Waals surface area (Å²) in [4.78, 5) is 16.4. The maximum atomic E-state index is 11.9. The maximum absolute atomic E-state index is 11.9. The maximum Gasteiger partial charge on any atom is 0.344 e. The largest absolute Gasteiger partial charge is 0.481 e. The molecule has 3 aromatic rings. The highest BCUT2D eigenvalue weighted by molar-refractivity contribution is 6.32. The Morgan fingerprint density at radius 2 is 1.92 bits per heavy atom. The van der Waals surface area contributed by atoms with Crippen LogP contribution in [0.15, 0.2) is 48.5 Å². The molecule has 0 aliphatic rings. The molecule has 0 aliphatic heterocycles. The summed E-state index contributed by atoms with van der Waals surface area (Å²) in [5, 5.41) is 10.5. The van der Waals surface area contributed by atoms with E-state index in [-0.39, 0.29) is 13.2 Å². The second kappa shape index (κ2) is 7.85. The minimum Gasteiger partial charge on any atom is -0.481 e. The van der Waals surface area contributed by atoms with Crippen LogP contribution in [0.1, 0.15) is 16.8 Å². The molecule has 6 heteroatoms. The third-order valence-electron chi connectivity index (χ3n) is 3.87. The van der Waals surface area contributed by atoms with Crippen molar-refractivity contribution in [2.24, 2.45) is 0 Å². The highest BCUT2D eigenvalue weighted by atomic mass is 35.5. The topological polar surface area (TPSA) is 72.2 Å². The number of esters is 1. The Bertz CT molecular complexity index is 1010. The molecule has 2 aromatic carbocycles. The van der Waals surface area contributed by atoms with Crippen LogP contribution >= 0.6 is 11.6 Å². The molecule has 130 valence electrons. The number of para-hydroxylation sites is 2. The van der Waals surface area contributed by atoms with E-state index in [9.17, 15) is 4.79 Å². The van der Waals surface area contributed by atoms with Gasteiger partial charge in [-0.2, -0.15) is 5.26 Å². The Morgan fingerprint density at radius 1 is 1.19 bits per heavy atom. The average molecular weight is 367 g/mol. The molecule has 0 unspecified atom stereocenters. The summed E-state index contributed by atoms with van der Waals surface area (Å²) in [6, 6.07) is 16.3. The van der Waals surface area contributed by atoms with Crippen LogP contribution in [-0.4, -0.2) is 17.6 Å². The van der Waals surface area contributed by atoms with Gasteiger partial charge in [0.15, 0.2) is 6.61 Å². The zero-order chi connectivity index (χ0) is 18.5. The molecule has 0 radical (unpaired) electrons. The van der Waals surface area contributed by atoms with Gasteiger partial charge >= 0.3 is 5.97 Å². The molecule has 0 saturated carbocycles. The molecule has 3 rings (SSSR count). The fourth-order valence-corrected chi connectivity index (χ4v) is 2.72. The predicted molar refractivity (Wildman–Crippen MR) is 97.9 cm³/mol. The summed E-state index contributed by atoms with van der Waals surface area (Å²) in [6.45, 7) is 1.55. The van der Waals surface area contributed by atoms with Gasteiger partial charge in [-0.05, 0) is 30.7 Å². The van der Waals surface area contributed by atoms with Gasteiger partial charge in [0, 0.05) is 5.39 Å². The minimum atomic E-state index is -0.568. The van der Waals surface area contributed by atoms with Crippen LogP contribution in [0.25, 0.3) is 10.9 Å². The highest BCUT2D eigenvalue weighted by Crippen LogP contribution is 2.27. The van der Waals surface area contributed by atoms with Crippen molar-refractivity contribution in [3.8, 4) is 11.8 Å². The number of ether oxygens (including phenoxy) is 2. The summed E-state index contributed by atoms with van der Waals surface area (Å²) in [5.41, 5.74) is 2.53. The first-order chi connectivity index (χ1) is 12.6. The number of nitrogens with zero attached hydrogens (tertiary/aromatic N) is 2. The van der Waals surface area contributed by atoms with Gasteiger partial charge in [0.2, 0.25) is 0 Å². The van der Waals surface area contributed by atoms with Crippen LogP contribution in [0.2, 0.25) is 5.02 Å². The number of nitriles is 1. The normalized spacial score (nSPS) is 10.3. The van der Waals surface area contributed by atoms with E-state index in [1.807, 2.05) is 37.3 Å². The van der Waals surface area contributed by atoms with Gasteiger partial charge < -0.3 is 9.47 Å². The van der Waals surface area contributed by atoms with Crippen LogP contribution in [-0.2, 0) is 16.1 Å². The molecule has 5 nitrogen and oxygen atoms in total. The molecule has 1 heterocycles. The number of rotatable bonds is 5. The van der Waals surface area contributed by atoms with Gasteiger partial charge in [0.1, 0.15) is 18.4 Å². The van der Waals surface area contributed by atoms with Crippen molar-refractivity contribution in [3.63, 3.8) is 0 Å². The Labute approximate surface area is 155 Å². The summed E-state index contributed by atoms with van der Waals surface area (Å²) in [5.74, 6) is -0.230. The summed E-state index contributed by atoms with van der Waals surface area (Å²) in [7, 11) is 0. The predicted octanol–water partition coefficient (Wildman–Crippen LogP) is 4.19. The van der Waals surface area contributed by atoms with Gasteiger partial charge in [-0.15, -0.1) is 0 Å². The van der Waals surface area contributed by atoms with Crippen molar-refractivity contribution in [2.45, 2.75) is 13.5 Å². The number of carbonyl (C=O) groups is 1. The first kappa shape index (κ1) is 17.7. The van der Waals surface area contributed by atoms with E-state index < -0.39 is 5.97 Å². The van der Waals surface area contributed by atoms with Gasteiger partial charge in [0.25, 0.3) is 0 Å². The van der Waals surface area contributed by atoms with Crippen molar-refractivity contribution >= 4 is 28.5 Å². The number of hydrogen-bond donors (Lipinski definition) is 0. The standard InChI is InChI=1S/C20H15ClN2O3/c1-13-15-7-3-4-8-16(15)23-17(20(13)21)11-26-19(24)12-25-18-9-5-2-6-14(18)10-22/h2-9H,11-12H2,1H3. The van der Waals surface area contributed by atoms with Crippen molar-refractivity contribution < 1.29 is 14.3 Å². The lowest BCUT2D eigenvalue weighted by Crippen LogP contribution is -2.15. The summed E-state index contributed by atoms with van der Waals surface area (Å²) in [6.07, 6.45) is 0. The summed E-state index contributed by atoms with van der Waals surface area (Å²) >= 11 is 6.35. The van der Waals surface area contributed by atoms with Crippen molar-refractivity contribution in [1.29, 1.82) is 5.26 Å². The average Bonchev–Trinajstić information content (AvgIpc) is 2.68. The Hall–Kier alpha value is -3.10. The first-order valence-corrected chi connectivity index (χ1v) is 8.29. The Kier molecular flexibility index (Phi) is 5.35. The molecule has 0 aliphatic carbocycles. The molecule has 0 bridgehead atoms. The van der Waals surface area contributed by atoms with Gasteiger partial charge in [-0.25, -0.2) is 9.78 Å². The third kappa shape index (κ3) is 3.76. The lowest BCUT2D eigenvalue weighted by molar-refractivity contribution is -0.147. The fourth-order valence-electron chi connectivity index (χ4n) is 2.53. The first-order valence-electron chi connectivity index (χ1n) is 7.91. The minimum absolute atomic E-state index is 0.0490. The molecule has 0 atom stereocenters. The zero-order valence-corrected chi connectivity index (χ0v) is 14.8. The quantitative estimate of drug-likeness (QED) is 0.633. The smallest absolute Gasteiger partial charge is 0.344 e. The Balaban J connectivity index is 1.66. The van der Waals surface area contributed by atoms with Crippen LogP contribution in [0.4, 0.5) is 0 Å². The fraction of sp³-hybridized carbons (Fsp3) is 0.150. The van der Waals surface area contributed by atoms with E-state index in [0.29, 0.717) is 22.0 Å². The van der Waals surface area contributed by atoms with Crippen molar-refractivity contribution in [3.05, 3.63) is 70.4 Å². The number of benzene rings is 2. The molecular formula is C20H15ClN2O3. The molecule has 0 N–H and O–H groups in total. The molecule has 0 amide bonds. The van der Waals surface area contributed by atoms with Crippen LogP contribution in [0.3, 0.4) is 0 Å². The molecule has 1 aromatic heterocycles. The number of carbonyl (C=O) groups excluding carboxylic acids is 1. The van der Waals surface area contributed by atoms with Crippen LogP contribution < -0.4 is 4.74 Å².